The Labute approximate surface area is 111 Å². The fraction of sp³-hybridized carbons (Fsp3) is 0.417. The third kappa shape index (κ3) is 4.93. The molecule has 18 heavy (non-hydrogen) atoms. The zero-order chi connectivity index (χ0) is 13.5. The number of hydrogen-bond donors (Lipinski definition) is 2. The molecule has 1 aromatic rings. The van der Waals surface area contributed by atoms with Crippen molar-refractivity contribution in [1.29, 1.82) is 0 Å². The first-order valence-corrected chi connectivity index (χ1v) is 5.91. The van der Waals surface area contributed by atoms with Crippen LogP contribution in [0.25, 0.3) is 0 Å². The molecule has 0 aliphatic heterocycles. The van der Waals surface area contributed by atoms with E-state index in [1.54, 1.807) is 7.11 Å². The number of halogens is 2. The second kappa shape index (κ2) is 7.23. The number of thiocarbonyl (C=S) groups is 1. The van der Waals surface area contributed by atoms with Gasteiger partial charge in [-0.15, -0.1) is 0 Å². The van der Waals surface area contributed by atoms with E-state index in [9.17, 15) is 8.78 Å². The summed E-state index contributed by atoms with van der Waals surface area (Å²) in [5.41, 5.74) is 0.235. The first-order chi connectivity index (χ1) is 8.52. The molecular weight excluding hydrogens is 258 g/mol. The molecule has 2 N–H and O–H groups in total. The predicted octanol–water partition coefficient (Wildman–Crippen LogP) is 1.96. The van der Waals surface area contributed by atoms with E-state index in [-0.39, 0.29) is 18.2 Å². The Morgan fingerprint density at radius 2 is 2.17 bits per heavy atom. The van der Waals surface area contributed by atoms with Crippen molar-refractivity contribution < 1.29 is 13.5 Å². The van der Waals surface area contributed by atoms with Gasteiger partial charge in [-0.1, -0.05) is 0 Å². The highest BCUT2D eigenvalue weighted by Gasteiger charge is 2.06. The molecule has 0 bridgehead atoms. The summed E-state index contributed by atoms with van der Waals surface area (Å²) in [7, 11) is 1.59. The fourth-order valence-corrected chi connectivity index (χ4v) is 1.69. The van der Waals surface area contributed by atoms with Crippen molar-refractivity contribution in [3.8, 4) is 0 Å². The third-order valence-electron chi connectivity index (χ3n) is 2.24. The Kier molecular flexibility index (Phi) is 5.94. The van der Waals surface area contributed by atoms with E-state index in [0.29, 0.717) is 11.7 Å². The lowest BCUT2D eigenvalue weighted by molar-refractivity contribution is 0.179. The number of rotatable bonds is 5. The van der Waals surface area contributed by atoms with Crippen molar-refractivity contribution in [2.75, 3.05) is 13.7 Å². The van der Waals surface area contributed by atoms with Crippen LogP contribution in [0.3, 0.4) is 0 Å². The predicted molar refractivity (Wildman–Crippen MR) is 70.3 cm³/mol. The molecule has 0 heterocycles. The third-order valence-corrected chi connectivity index (χ3v) is 2.50. The molecule has 0 spiro atoms. The number of methoxy groups -OCH3 is 1. The van der Waals surface area contributed by atoms with E-state index >= 15 is 0 Å². The molecule has 0 saturated carbocycles. The van der Waals surface area contributed by atoms with Crippen LogP contribution in [0.4, 0.5) is 8.78 Å². The number of nitrogens with one attached hydrogen (secondary N) is 2. The molecule has 3 nitrogen and oxygen atoms in total. The van der Waals surface area contributed by atoms with Gasteiger partial charge in [-0.2, -0.15) is 0 Å². The molecule has 0 radical (unpaired) electrons. The van der Waals surface area contributed by atoms with E-state index in [1.807, 2.05) is 6.92 Å². The maximum absolute atomic E-state index is 13.3. The summed E-state index contributed by atoms with van der Waals surface area (Å²) >= 11 is 5.03. The normalized spacial score (nSPS) is 12.0. The van der Waals surface area contributed by atoms with Crippen LogP contribution >= 0.6 is 12.2 Å². The minimum absolute atomic E-state index is 0.0485. The largest absolute Gasteiger partial charge is 0.383 e. The molecule has 0 aliphatic carbocycles. The van der Waals surface area contributed by atoms with Crippen LogP contribution in [0.2, 0.25) is 0 Å². The molecule has 0 saturated heterocycles. The molecule has 1 unspecified atom stereocenters. The van der Waals surface area contributed by atoms with Crippen LogP contribution in [-0.2, 0) is 11.3 Å². The highest BCUT2D eigenvalue weighted by molar-refractivity contribution is 7.80. The summed E-state index contributed by atoms with van der Waals surface area (Å²) in [6.45, 7) is 2.55. The molecule has 0 amide bonds. The fourth-order valence-electron chi connectivity index (χ4n) is 1.42. The standard InChI is InChI=1S/C12H16F2N2OS/c1-8(7-17-2)16-12(18)15-6-9-5-10(13)3-4-11(9)14/h3-5,8H,6-7H2,1-2H3,(H2,15,16,18). The minimum atomic E-state index is -0.472. The zero-order valence-corrected chi connectivity index (χ0v) is 11.1. The number of hydrogen-bond acceptors (Lipinski definition) is 2. The molecule has 1 aromatic carbocycles. The summed E-state index contributed by atoms with van der Waals surface area (Å²) < 4.78 is 31.2. The Hall–Kier alpha value is -1.27. The van der Waals surface area contributed by atoms with E-state index < -0.39 is 11.6 Å². The lowest BCUT2D eigenvalue weighted by Crippen LogP contribution is -2.42. The van der Waals surface area contributed by atoms with Crippen LogP contribution in [0, 0.1) is 11.6 Å². The Balaban J connectivity index is 2.45. The summed E-state index contributed by atoms with van der Waals surface area (Å²) in [5.74, 6) is -0.934. The number of benzene rings is 1. The van der Waals surface area contributed by atoms with Crippen molar-refractivity contribution in [1.82, 2.24) is 10.6 Å². The summed E-state index contributed by atoms with van der Waals surface area (Å²) in [6.07, 6.45) is 0. The molecular formula is C12H16F2N2OS. The van der Waals surface area contributed by atoms with Crippen LogP contribution in [0.15, 0.2) is 18.2 Å². The monoisotopic (exact) mass is 274 g/mol. The van der Waals surface area contributed by atoms with Gasteiger partial charge in [-0.3, -0.25) is 0 Å². The lowest BCUT2D eigenvalue weighted by atomic mass is 10.2. The summed E-state index contributed by atoms with van der Waals surface area (Å²) in [6, 6.07) is 3.36. The highest BCUT2D eigenvalue weighted by atomic mass is 32.1. The minimum Gasteiger partial charge on any atom is -0.383 e. The van der Waals surface area contributed by atoms with Crippen LogP contribution < -0.4 is 10.6 Å². The van der Waals surface area contributed by atoms with Crippen molar-refractivity contribution in [3.63, 3.8) is 0 Å². The molecule has 0 aliphatic rings. The Morgan fingerprint density at radius 1 is 1.44 bits per heavy atom. The first-order valence-electron chi connectivity index (χ1n) is 5.50. The maximum Gasteiger partial charge on any atom is 0.166 e. The van der Waals surface area contributed by atoms with Crippen molar-refractivity contribution in [2.24, 2.45) is 0 Å². The van der Waals surface area contributed by atoms with Gasteiger partial charge in [0.25, 0.3) is 0 Å². The lowest BCUT2D eigenvalue weighted by Gasteiger charge is -2.16. The van der Waals surface area contributed by atoms with Gasteiger partial charge >= 0.3 is 0 Å². The van der Waals surface area contributed by atoms with Gasteiger partial charge in [0, 0.05) is 25.3 Å². The number of ether oxygens (including phenoxy) is 1. The van der Waals surface area contributed by atoms with Crippen molar-refractivity contribution in [2.45, 2.75) is 19.5 Å². The van der Waals surface area contributed by atoms with Gasteiger partial charge in [0.1, 0.15) is 11.6 Å². The van der Waals surface area contributed by atoms with Crippen LogP contribution in [0.1, 0.15) is 12.5 Å². The van der Waals surface area contributed by atoms with Gasteiger partial charge in [0.2, 0.25) is 0 Å². The summed E-state index contributed by atoms with van der Waals surface area (Å²) in [5, 5.41) is 6.16. The molecule has 100 valence electrons. The zero-order valence-electron chi connectivity index (χ0n) is 10.3. The van der Waals surface area contributed by atoms with Crippen molar-refractivity contribution in [3.05, 3.63) is 35.4 Å². The van der Waals surface area contributed by atoms with Gasteiger partial charge in [0.05, 0.1) is 6.61 Å². The van der Waals surface area contributed by atoms with Gasteiger partial charge in [-0.05, 0) is 37.3 Å². The Bertz CT molecular complexity index is 415. The van der Waals surface area contributed by atoms with E-state index in [1.165, 1.54) is 0 Å². The van der Waals surface area contributed by atoms with E-state index in [4.69, 9.17) is 17.0 Å². The van der Waals surface area contributed by atoms with Crippen LogP contribution in [0.5, 0.6) is 0 Å². The highest BCUT2D eigenvalue weighted by Crippen LogP contribution is 2.08. The molecule has 1 atom stereocenters. The average molecular weight is 274 g/mol. The van der Waals surface area contributed by atoms with Crippen LogP contribution in [-0.4, -0.2) is 24.9 Å². The first kappa shape index (κ1) is 14.8. The topological polar surface area (TPSA) is 33.3 Å². The SMILES string of the molecule is COCC(C)NC(=S)NCc1cc(F)ccc1F. The average Bonchev–Trinajstić information content (AvgIpc) is 2.30. The van der Waals surface area contributed by atoms with E-state index in [2.05, 4.69) is 10.6 Å². The Morgan fingerprint density at radius 3 is 2.83 bits per heavy atom. The van der Waals surface area contributed by atoms with Gasteiger partial charge in [-0.25, -0.2) is 8.78 Å². The second-order valence-electron chi connectivity index (χ2n) is 3.92. The molecule has 0 aromatic heterocycles. The maximum atomic E-state index is 13.3. The quantitative estimate of drug-likeness (QED) is 0.804. The van der Waals surface area contributed by atoms with E-state index in [0.717, 1.165) is 18.2 Å². The smallest absolute Gasteiger partial charge is 0.166 e. The van der Waals surface area contributed by atoms with Gasteiger partial charge in [0.15, 0.2) is 5.11 Å². The molecule has 1 rings (SSSR count). The molecule has 6 heteroatoms. The second-order valence-corrected chi connectivity index (χ2v) is 4.33. The summed E-state index contributed by atoms with van der Waals surface area (Å²) in [4.78, 5) is 0. The van der Waals surface area contributed by atoms with Crippen molar-refractivity contribution >= 4 is 17.3 Å². The van der Waals surface area contributed by atoms with Gasteiger partial charge < -0.3 is 15.4 Å². The molecule has 0 fully saturated rings.